The van der Waals surface area contributed by atoms with Crippen LogP contribution in [0.4, 0.5) is 5.82 Å². The molecule has 4 heterocycles. The molecule has 25 heteroatoms. The second-order valence-electron chi connectivity index (χ2n) is 10.4. The summed E-state index contributed by atoms with van der Waals surface area (Å²) in [5.41, 5.74) is 6.13. The lowest BCUT2D eigenvalue weighted by Crippen LogP contribution is -2.62. The topological polar surface area (TPSA) is 390 Å². The van der Waals surface area contributed by atoms with Crippen molar-refractivity contribution in [3.05, 3.63) is 12.7 Å². The van der Waals surface area contributed by atoms with Gasteiger partial charge in [-0.05, 0) is 0 Å². The average Bonchev–Trinajstić information content (AvgIpc) is 3.55. The van der Waals surface area contributed by atoms with E-state index in [1.54, 1.807) is 0 Å². The van der Waals surface area contributed by atoms with E-state index in [0.717, 1.165) is 6.33 Å². The Morgan fingerprint density at radius 3 is 2.26 bits per heavy atom. The third-order valence-electron chi connectivity index (χ3n) is 7.27. The van der Waals surface area contributed by atoms with Gasteiger partial charge < -0.3 is 80.4 Å². The van der Waals surface area contributed by atoms with Gasteiger partial charge >= 0.3 is 19.8 Å². The summed E-state index contributed by atoms with van der Waals surface area (Å²) in [4.78, 5) is 53.1. The van der Waals surface area contributed by atoms with Gasteiger partial charge in [-0.3, -0.25) is 9.09 Å². The molecule has 13 N–H and O–H groups in total. The van der Waals surface area contributed by atoms with Crippen molar-refractivity contribution in [3.63, 3.8) is 0 Å². The van der Waals surface area contributed by atoms with Crippen LogP contribution < -0.4 is 5.73 Å². The summed E-state index contributed by atoms with van der Waals surface area (Å²) in [6.45, 7) is -1.57. The molecule has 2 aliphatic heterocycles. The summed E-state index contributed by atoms with van der Waals surface area (Å²) in [5.74, 6) is -4.26. The van der Waals surface area contributed by atoms with Crippen molar-refractivity contribution in [1.82, 2.24) is 19.5 Å². The minimum atomic E-state index is -5.64. The Morgan fingerprint density at radius 2 is 1.66 bits per heavy atom. The summed E-state index contributed by atoms with van der Waals surface area (Å²) < 4.78 is 38.2. The standard InChI is InChI=1S/C22H32N5O19P/c23-17-7-18(25-3-24-17)27(4-26-7)19-10(31)8(29)6(43-19)2-42-14-5(1-28)44-22(11(32)9(14)30)45-16(21(37)38)12(33)15(13(34)20(35)36)46-47(39,40)41/h3-6,8-16,19,22,28-34H,1-2H2,(H,35,36)(H,37,38)(H2,23,24,25)(H2,39,40,41). The summed E-state index contributed by atoms with van der Waals surface area (Å²) in [6.07, 6.45) is -24.3. The number of phosphoric acid groups is 1. The van der Waals surface area contributed by atoms with Gasteiger partial charge in [-0.2, -0.15) is 0 Å². The lowest BCUT2D eigenvalue weighted by atomic mass is 9.98. The number of carbonyl (C=O) groups is 2. The van der Waals surface area contributed by atoms with Gasteiger partial charge in [-0.25, -0.2) is 29.1 Å². The van der Waals surface area contributed by atoms with Crippen LogP contribution in [0.5, 0.6) is 0 Å². The fourth-order valence-corrected chi connectivity index (χ4v) is 5.49. The highest BCUT2D eigenvalue weighted by atomic mass is 31.2. The molecule has 0 spiro atoms. The molecule has 13 atom stereocenters. The average molecular weight is 701 g/mol. The lowest BCUT2D eigenvalue weighted by molar-refractivity contribution is -0.324. The molecule has 2 aromatic rings. The maximum absolute atomic E-state index is 11.9. The van der Waals surface area contributed by atoms with E-state index in [-0.39, 0.29) is 17.0 Å². The van der Waals surface area contributed by atoms with E-state index in [1.165, 1.54) is 10.9 Å². The Bertz CT molecular complexity index is 1460. The number of carboxylic acids is 2. The third kappa shape index (κ3) is 7.83. The molecule has 0 bridgehead atoms. The number of aromatic nitrogens is 4. The molecular weight excluding hydrogens is 669 g/mol. The number of carboxylic acid groups (broad SMARTS) is 2. The minimum absolute atomic E-state index is 0.0418. The van der Waals surface area contributed by atoms with Gasteiger partial charge in [0, 0.05) is 0 Å². The number of aliphatic carboxylic acids is 2. The van der Waals surface area contributed by atoms with Crippen molar-refractivity contribution in [1.29, 1.82) is 0 Å². The summed E-state index contributed by atoms with van der Waals surface area (Å²) in [6, 6.07) is 0. The number of fused-ring (bicyclic) bond motifs is 1. The number of ether oxygens (including phenoxy) is 4. The Hall–Kier alpha value is -3.04. The zero-order chi connectivity index (χ0) is 35.0. The number of phosphoric ester groups is 1. The molecule has 4 rings (SSSR count). The predicted octanol–water partition coefficient (Wildman–Crippen LogP) is -6.39. The van der Waals surface area contributed by atoms with Crippen molar-refractivity contribution < 1.29 is 93.4 Å². The number of aliphatic hydroxyl groups excluding tert-OH is 7. The first-order valence-corrected chi connectivity index (χ1v) is 14.9. The fourth-order valence-electron chi connectivity index (χ4n) is 4.94. The first-order valence-electron chi connectivity index (χ1n) is 13.4. The number of rotatable bonds is 14. The highest BCUT2D eigenvalue weighted by Crippen LogP contribution is 2.40. The largest absolute Gasteiger partial charge is 0.479 e. The summed E-state index contributed by atoms with van der Waals surface area (Å²) >= 11 is 0. The highest BCUT2D eigenvalue weighted by Gasteiger charge is 2.51. The van der Waals surface area contributed by atoms with Gasteiger partial charge in [0.1, 0.15) is 66.8 Å². The van der Waals surface area contributed by atoms with Gasteiger partial charge in [0.05, 0.1) is 19.5 Å². The number of nitrogens with two attached hydrogens (primary N) is 1. The number of hydrogen-bond acceptors (Lipinski definition) is 19. The fraction of sp³-hybridized carbons (Fsp3) is 0.682. The molecule has 2 aliphatic rings. The zero-order valence-corrected chi connectivity index (χ0v) is 24.5. The number of nitrogens with zero attached hydrogens (tertiary/aromatic N) is 4. The number of imidazole rings is 1. The molecule has 2 saturated heterocycles. The van der Waals surface area contributed by atoms with Gasteiger partial charge in [0.15, 0.2) is 36.2 Å². The Morgan fingerprint density at radius 1 is 0.979 bits per heavy atom. The van der Waals surface area contributed by atoms with Crippen LogP contribution in [-0.2, 0) is 37.6 Å². The van der Waals surface area contributed by atoms with Crippen LogP contribution in [0.25, 0.3) is 11.2 Å². The molecule has 264 valence electrons. The van der Waals surface area contributed by atoms with Crippen molar-refractivity contribution >= 4 is 36.7 Å². The van der Waals surface area contributed by atoms with Crippen LogP contribution in [0.1, 0.15) is 6.23 Å². The molecule has 0 saturated carbocycles. The summed E-state index contributed by atoms with van der Waals surface area (Å²) in [7, 11) is -5.64. The van der Waals surface area contributed by atoms with Crippen molar-refractivity contribution in [2.45, 2.75) is 79.7 Å². The van der Waals surface area contributed by atoms with Crippen LogP contribution in [-0.4, -0.2) is 174 Å². The molecule has 0 aliphatic carbocycles. The second kappa shape index (κ2) is 14.6. The Labute approximate surface area is 261 Å². The normalized spacial score (nSPS) is 32.6. The van der Waals surface area contributed by atoms with Crippen molar-refractivity contribution in [3.8, 4) is 0 Å². The molecule has 0 amide bonds. The number of hydrogen-bond donors (Lipinski definition) is 12. The van der Waals surface area contributed by atoms with E-state index >= 15 is 0 Å². The Balaban J connectivity index is 1.45. The molecule has 13 unspecified atom stereocenters. The van der Waals surface area contributed by atoms with E-state index in [4.69, 9.17) is 39.6 Å². The molecule has 47 heavy (non-hydrogen) atoms. The van der Waals surface area contributed by atoms with E-state index in [1.807, 2.05) is 0 Å². The maximum Gasteiger partial charge on any atom is 0.470 e. The number of nitrogen functional groups attached to an aromatic ring is 1. The SMILES string of the molecule is Nc1ncnc2c1ncn2C1OC(COC2C(CO)OC(OC(C(=O)O)C(O)C(OP(=O)(O)O)C(O)C(=O)O)C(O)C2O)C(O)C1O. The van der Waals surface area contributed by atoms with Crippen molar-refractivity contribution in [2.24, 2.45) is 0 Å². The zero-order valence-electron chi connectivity index (χ0n) is 23.6. The van der Waals surface area contributed by atoms with Crippen LogP contribution in [0.15, 0.2) is 12.7 Å². The smallest absolute Gasteiger partial charge is 0.470 e. The van der Waals surface area contributed by atoms with Crippen LogP contribution in [0, 0.1) is 0 Å². The summed E-state index contributed by atoms with van der Waals surface area (Å²) in [5, 5.41) is 91.3. The first-order chi connectivity index (χ1) is 22.0. The molecule has 0 radical (unpaired) electrons. The quantitative estimate of drug-likeness (QED) is 0.0814. The van der Waals surface area contributed by atoms with Gasteiger partial charge in [-0.1, -0.05) is 0 Å². The van der Waals surface area contributed by atoms with E-state index in [0.29, 0.717) is 0 Å². The van der Waals surface area contributed by atoms with Crippen LogP contribution in [0.3, 0.4) is 0 Å². The number of anilines is 1. The second-order valence-corrected chi connectivity index (χ2v) is 11.6. The van der Waals surface area contributed by atoms with Gasteiger partial charge in [-0.15, -0.1) is 0 Å². The van der Waals surface area contributed by atoms with Crippen LogP contribution >= 0.6 is 7.82 Å². The van der Waals surface area contributed by atoms with E-state index in [9.17, 15) is 55.0 Å². The van der Waals surface area contributed by atoms with Crippen LogP contribution in [0.2, 0.25) is 0 Å². The highest BCUT2D eigenvalue weighted by molar-refractivity contribution is 7.46. The molecule has 24 nitrogen and oxygen atoms in total. The lowest BCUT2D eigenvalue weighted by Gasteiger charge is -2.43. The number of aliphatic hydroxyl groups is 7. The van der Waals surface area contributed by atoms with Crippen molar-refractivity contribution in [2.75, 3.05) is 18.9 Å². The van der Waals surface area contributed by atoms with E-state index < -0.39 is 113 Å². The van der Waals surface area contributed by atoms with Gasteiger partial charge in [0.2, 0.25) is 0 Å². The first kappa shape index (κ1) is 36.8. The maximum atomic E-state index is 11.9. The minimum Gasteiger partial charge on any atom is -0.479 e. The van der Waals surface area contributed by atoms with Gasteiger partial charge in [0.25, 0.3) is 0 Å². The molecule has 2 fully saturated rings. The molecule has 2 aromatic heterocycles. The molecule has 0 aromatic carbocycles. The van der Waals surface area contributed by atoms with E-state index in [2.05, 4.69) is 19.5 Å². The Kier molecular flexibility index (Phi) is 11.4. The molecular formula is C22H32N5O19P. The predicted molar refractivity (Wildman–Crippen MR) is 142 cm³/mol. The third-order valence-corrected chi connectivity index (χ3v) is 7.78. The monoisotopic (exact) mass is 701 g/mol.